The molecular formula is C12H18O5. The normalized spacial score (nSPS) is 9.71. The van der Waals surface area contributed by atoms with E-state index in [4.69, 9.17) is 9.47 Å². The third-order valence-electron chi connectivity index (χ3n) is 1.77. The second-order valence-corrected chi connectivity index (χ2v) is 3.08. The van der Waals surface area contributed by atoms with E-state index in [1.54, 1.807) is 0 Å². The van der Waals surface area contributed by atoms with Gasteiger partial charge in [0.2, 0.25) is 0 Å². The van der Waals surface area contributed by atoms with Gasteiger partial charge in [0.1, 0.15) is 0 Å². The summed E-state index contributed by atoms with van der Waals surface area (Å²) in [6, 6.07) is 0. The van der Waals surface area contributed by atoms with E-state index in [0.717, 1.165) is 6.08 Å². The summed E-state index contributed by atoms with van der Waals surface area (Å²) in [5, 5.41) is 0. The number of carbonyl (C=O) groups is 2. The van der Waals surface area contributed by atoms with Crippen LogP contribution in [0.2, 0.25) is 0 Å². The van der Waals surface area contributed by atoms with Crippen LogP contribution >= 0.6 is 0 Å². The fourth-order valence-electron chi connectivity index (χ4n) is 0.867. The molecule has 0 aromatic carbocycles. The summed E-state index contributed by atoms with van der Waals surface area (Å²) in [4.78, 5) is 21.9. The molecule has 0 fully saturated rings. The van der Waals surface area contributed by atoms with Crippen molar-refractivity contribution in [3.63, 3.8) is 0 Å². The van der Waals surface area contributed by atoms with E-state index >= 15 is 0 Å². The molecule has 0 spiro atoms. The number of ether oxygens (including phenoxy) is 3. The van der Waals surface area contributed by atoms with Crippen LogP contribution in [0.15, 0.2) is 24.8 Å². The summed E-state index contributed by atoms with van der Waals surface area (Å²) in [7, 11) is 0. The molecule has 0 amide bonds. The van der Waals surface area contributed by atoms with Crippen LogP contribution in [-0.2, 0) is 23.8 Å². The highest BCUT2D eigenvalue weighted by Crippen LogP contribution is 2.02. The second-order valence-electron chi connectivity index (χ2n) is 3.08. The van der Waals surface area contributed by atoms with Crippen molar-refractivity contribution in [2.45, 2.75) is 13.3 Å². The molecule has 0 aliphatic carbocycles. The molecule has 0 heterocycles. The highest BCUT2D eigenvalue weighted by Gasteiger charge is 2.11. The quantitative estimate of drug-likeness (QED) is 0.263. The molecule has 0 radical (unpaired) electrons. The van der Waals surface area contributed by atoms with Gasteiger partial charge in [-0.05, 0) is 6.92 Å². The van der Waals surface area contributed by atoms with E-state index in [1.807, 2.05) is 6.92 Å². The van der Waals surface area contributed by atoms with Gasteiger partial charge >= 0.3 is 11.9 Å². The number of esters is 2. The van der Waals surface area contributed by atoms with Crippen LogP contribution < -0.4 is 0 Å². The Morgan fingerprint density at radius 3 is 2.41 bits per heavy atom. The molecule has 0 bridgehead atoms. The lowest BCUT2D eigenvalue weighted by atomic mass is 10.2. The summed E-state index contributed by atoms with van der Waals surface area (Å²) in [5.74, 6) is -1.53. The van der Waals surface area contributed by atoms with Crippen molar-refractivity contribution in [1.29, 1.82) is 0 Å². The van der Waals surface area contributed by atoms with E-state index in [9.17, 15) is 9.59 Å². The van der Waals surface area contributed by atoms with Gasteiger partial charge in [0.15, 0.2) is 0 Å². The smallest absolute Gasteiger partial charge is 0.341 e. The van der Waals surface area contributed by atoms with Crippen molar-refractivity contribution in [2.75, 3.05) is 26.4 Å². The lowest BCUT2D eigenvalue weighted by Gasteiger charge is -2.05. The standard InChI is InChI=1S/C12H18O5/c1-4-11(13)17-12(14)10(3)6-7-16-9-8-15-5-2/h4H,1,3,5-9H2,2H3. The first-order valence-electron chi connectivity index (χ1n) is 5.33. The summed E-state index contributed by atoms with van der Waals surface area (Å²) < 4.78 is 14.6. The molecule has 0 aromatic rings. The van der Waals surface area contributed by atoms with Crippen LogP contribution in [0.4, 0.5) is 0 Å². The minimum Gasteiger partial charge on any atom is -0.386 e. The van der Waals surface area contributed by atoms with Gasteiger partial charge in [0.25, 0.3) is 0 Å². The van der Waals surface area contributed by atoms with Gasteiger partial charge in [-0.15, -0.1) is 0 Å². The molecule has 0 saturated heterocycles. The first-order chi connectivity index (χ1) is 8.11. The van der Waals surface area contributed by atoms with Crippen LogP contribution in [0.25, 0.3) is 0 Å². The summed E-state index contributed by atoms with van der Waals surface area (Å²) in [5.41, 5.74) is 0.191. The zero-order valence-electron chi connectivity index (χ0n) is 10.1. The maximum absolute atomic E-state index is 11.2. The third-order valence-corrected chi connectivity index (χ3v) is 1.77. The monoisotopic (exact) mass is 242 g/mol. The second kappa shape index (κ2) is 9.74. The van der Waals surface area contributed by atoms with Crippen LogP contribution in [0.1, 0.15) is 13.3 Å². The van der Waals surface area contributed by atoms with E-state index in [-0.39, 0.29) is 5.57 Å². The molecule has 0 aliphatic heterocycles. The van der Waals surface area contributed by atoms with Crippen LogP contribution in [0, 0.1) is 0 Å². The molecule has 5 heteroatoms. The van der Waals surface area contributed by atoms with E-state index in [1.165, 1.54) is 0 Å². The minimum atomic E-state index is -0.784. The lowest BCUT2D eigenvalue weighted by Crippen LogP contribution is -2.13. The fraction of sp³-hybridized carbons (Fsp3) is 0.500. The maximum Gasteiger partial charge on any atom is 0.341 e. The van der Waals surface area contributed by atoms with Gasteiger partial charge in [-0.3, -0.25) is 0 Å². The Bertz CT molecular complexity index is 283. The Kier molecular flexibility index (Phi) is 8.91. The summed E-state index contributed by atoms with van der Waals surface area (Å²) in [6.07, 6.45) is 1.24. The van der Waals surface area contributed by atoms with E-state index in [0.29, 0.717) is 32.8 Å². The highest BCUT2D eigenvalue weighted by molar-refractivity contribution is 5.98. The molecule has 17 heavy (non-hydrogen) atoms. The number of hydrogen-bond acceptors (Lipinski definition) is 5. The average molecular weight is 242 g/mol. The van der Waals surface area contributed by atoms with Gasteiger partial charge in [-0.25, -0.2) is 9.59 Å². The van der Waals surface area contributed by atoms with Crippen LogP contribution in [0.3, 0.4) is 0 Å². The van der Waals surface area contributed by atoms with Crippen molar-refractivity contribution in [3.05, 3.63) is 24.8 Å². The summed E-state index contributed by atoms with van der Waals surface area (Å²) >= 11 is 0. The molecule has 96 valence electrons. The molecule has 0 N–H and O–H groups in total. The SMILES string of the molecule is C=CC(=O)OC(=O)C(=C)CCOCCOCC. The van der Waals surface area contributed by atoms with Crippen molar-refractivity contribution in [1.82, 2.24) is 0 Å². The molecule has 0 aliphatic rings. The number of hydrogen-bond donors (Lipinski definition) is 0. The fourth-order valence-corrected chi connectivity index (χ4v) is 0.867. The first-order valence-corrected chi connectivity index (χ1v) is 5.33. The molecule has 0 rings (SSSR count). The summed E-state index contributed by atoms with van der Waals surface area (Å²) in [6.45, 7) is 10.5. The Morgan fingerprint density at radius 2 is 1.82 bits per heavy atom. The predicted molar refractivity (Wildman–Crippen MR) is 62.4 cm³/mol. The van der Waals surface area contributed by atoms with Crippen molar-refractivity contribution < 1.29 is 23.8 Å². The average Bonchev–Trinajstić information content (AvgIpc) is 2.32. The maximum atomic E-state index is 11.2. The zero-order chi connectivity index (χ0) is 13.1. The van der Waals surface area contributed by atoms with Gasteiger partial charge in [-0.1, -0.05) is 13.2 Å². The molecular weight excluding hydrogens is 224 g/mol. The minimum absolute atomic E-state index is 0.191. The highest BCUT2D eigenvalue weighted by atomic mass is 16.6. The topological polar surface area (TPSA) is 61.8 Å². The van der Waals surface area contributed by atoms with Crippen molar-refractivity contribution >= 4 is 11.9 Å². The van der Waals surface area contributed by atoms with Gasteiger partial charge in [-0.2, -0.15) is 0 Å². The molecule has 0 atom stereocenters. The van der Waals surface area contributed by atoms with Crippen LogP contribution in [-0.4, -0.2) is 38.4 Å². The van der Waals surface area contributed by atoms with E-state index in [2.05, 4.69) is 17.9 Å². The van der Waals surface area contributed by atoms with Crippen molar-refractivity contribution in [2.24, 2.45) is 0 Å². The van der Waals surface area contributed by atoms with Crippen LogP contribution in [0.5, 0.6) is 0 Å². The van der Waals surface area contributed by atoms with E-state index < -0.39 is 11.9 Å². The molecule has 0 aromatic heterocycles. The zero-order valence-corrected chi connectivity index (χ0v) is 10.1. The predicted octanol–water partition coefficient (Wildman–Crippen LogP) is 1.24. The first kappa shape index (κ1) is 15.5. The van der Waals surface area contributed by atoms with Gasteiger partial charge in [0, 0.05) is 24.7 Å². The largest absolute Gasteiger partial charge is 0.386 e. The number of carbonyl (C=O) groups excluding carboxylic acids is 2. The lowest BCUT2D eigenvalue weighted by molar-refractivity contribution is -0.153. The van der Waals surface area contributed by atoms with Gasteiger partial charge < -0.3 is 14.2 Å². The van der Waals surface area contributed by atoms with Gasteiger partial charge in [0.05, 0.1) is 19.8 Å². The number of rotatable bonds is 9. The Hall–Kier alpha value is -1.46. The Labute approximate surface area is 101 Å². The molecule has 0 unspecified atom stereocenters. The Morgan fingerprint density at radius 1 is 1.18 bits per heavy atom. The molecule has 5 nitrogen and oxygen atoms in total. The Balaban J connectivity index is 3.61. The molecule has 0 saturated carbocycles. The van der Waals surface area contributed by atoms with Crippen molar-refractivity contribution in [3.8, 4) is 0 Å². The third kappa shape index (κ3) is 8.36.